The Bertz CT molecular complexity index is 975. The van der Waals surface area contributed by atoms with E-state index in [0.29, 0.717) is 11.0 Å². The maximum Gasteiger partial charge on any atom is 0.243 e. The number of aromatic nitrogens is 2. The van der Waals surface area contributed by atoms with Gasteiger partial charge in [0.05, 0.1) is 6.54 Å². The van der Waals surface area contributed by atoms with E-state index in [4.69, 9.17) is 0 Å². The molecule has 0 aliphatic heterocycles. The van der Waals surface area contributed by atoms with Crippen LogP contribution in [0.3, 0.4) is 0 Å². The summed E-state index contributed by atoms with van der Waals surface area (Å²) in [7, 11) is -3.97. The molecule has 5 nitrogen and oxygen atoms in total. The van der Waals surface area contributed by atoms with Crippen molar-refractivity contribution in [3.05, 3.63) is 82.3 Å². The highest BCUT2D eigenvalue weighted by Crippen LogP contribution is 2.20. The quantitative estimate of drug-likeness (QED) is 0.661. The molecule has 130 valence electrons. The second-order valence-electron chi connectivity index (χ2n) is 5.37. The minimum atomic E-state index is -3.97. The van der Waals surface area contributed by atoms with Crippen LogP contribution in [-0.2, 0) is 23.1 Å². The first kappa shape index (κ1) is 17.8. The van der Waals surface area contributed by atoms with Crippen LogP contribution in [0.25, 0.3) is 0 Å². The fourth-order valence-electron chi connectivity index (χ4n) is 2.39. The lowest BCUT2D eigenvalue weighted by Gasteiger charge is -2.12. The van der Waals surface area contributed by atoms with Crippen molar-refractivity contribution in [3.63, 3.8) is 0 Å². The summed E-state index contributed by atoms with van der Waals surface area (Å²) in [5, 5.41) is 4.15. The van der Waals surface area contributed by atoms with Crippen LogP contribution in [0.2, 0.25) is 0 Å². The summed E-state index contributed by atoms with van der Waals surface area (Å²) >= 11 is 3.16. The minimum absolute atomic E-state index is 0.0612. The van der Waals surface area contributed by atoms with Gasteiger partial charge in [0.1, 0.15) is 10.7 Å². The molecule has 1 N–H and O–H groups in total. The highest BCUT2D eigenvalue weighted by Gasteiger charge is 2.19. The molecule has 8 heteroatoms. The Labute approximate surface area is 153 Å². The summed E-state index contributed by atoms with van der Waals surface area (Å²) in [6.07, 6.45) is 3.51. The average Bonchev–Trinajstić information content (AvgIpc) is 3.09. The third kappa shape index (κ3) is 4.33. The van der Waals surface area contributed by atoms with Gasteiger partial charge in [0, 0.05) is 23.4 Å². The minimum Gasteiger partial charge on any atom is -0.268 e. The normalized spacial score (nSPS) is 11.6. The van der Waals surface area contributed by atoms with E-state index >= 15 is 0 Å². The number of nitrogens with one attached hydrogen (secondary N) is 1. The molecule has 3 aromatic rings. The zero-order chi connectivity index (χ0) is 17.9. The van der Waals surface area contributed by atoms with E-state index < -0.39 is 15.8 Å². The van der Waals surface area contributed by atoms with Crippen molar-refractivity contribution < 1.29 is 12.8 Å². The standard InChI is InChI=1S/C17H15BrFN3O2S/c18-15-6-7-16(19)17(10-15)25(23,24)21-11-13-4-1-2-5-14(13)12-22-9-3-8-20-22/h1-10,21H,11-12H2. The first-order valence-corrected chi connectivity index (χ1v) is 9.72. The van der Waals surface area contributed by atoms with Crippen molar-refractivity contribution in [1.29, 1.82) is 0 Å². The molecule has 1 heterocycles. The van der Waals surface area contributed by atoms with E-state index in [1.165, 1.54) is 12.1 Å². The molecule has 0 fully saturated rings. The van der Waals surface area contributed by atoms with Gasteiger partial charge < -0.3 is 0 Å². The number of hydrogen-bond donors (Lipinski definition) is 1. The Morgan fingerprint density at radius 2 is 1.88 bits per heavy atom. The third-order valence-electron chi connectivity index (χ3n) is 3.65. The smallest absolute Gasteiger partial charge is 0.243 e. The lowest BCUT2D eigenvalue weighted by Crippen LogP contribution is -2.25. The van der Waals surface area contributed by atoms with E-state index in [-0.39, 0.29) is 11.4 Å². The molecule has 0 saturated carbocycles. The second kappa shape index (κ2) is 7.47. The Morgan fingerprint density at radius 3 is 2.60 bits per heavy atom. The van der Waals surface area contributed by atoms with Gasteiger partial charge in [0.15, 0.2) is 0 Å². The van der Waals surface area contributed by atoms with Crippen molar-refractivity contribution in [1.82, 2.24) is 14.5 Å². The molecule has 1 aromatic heterocycles. The van der Waals surface area contributed by atoms with Crippen LogP contribution in [0, 0.1) is 5.82 Å². The van der Waals surface area contributed by atoms with Crippen LogP contribution in [0.15, 0.2) is 70.3 Å². The highest BCUT2D eigenvalue weighted by molar-refractivity contribution is 9.10. The van der Waals surface area contributed by atoms with Crippen LogP contribution in [0.1, 0.15) is 11.1 Å². The molecule has 0 radical (unpaired) electrons. The van der Waals surface area contributed by atoms with E-state index in [1.54, 1.807) is 10.9 Å². The highest BCUT2D eigenvalue weighted by atomic mass is 79.9. The molecular weight excluding hydrogens is 409 g/mol. The lowest BCUT2D eigenvalue weighted by molar-refractivity contribution is 0.556. The van der Waals surface area contributed by atoms with Crippen molar-refractivity contribution in [2.45, 2.75) is 18.0 Å². The van der Waals surface area contributed by atoms with Gasteiger partial charge in [0.25, 0.3) is 0 Å². The average molecular weight is 424 g/mol. The number of halogens is 2. The fourth-order valence-corrected chi connectivity index (χ4v) is 4.01. The maximum absolute atomic E-state index is 13.9. The van der Waals surface area contributed by atoms with Crippen LogP contribution >= 0.6 is 15.9 Å². The van der Waals surface area contributed by atoms with E-state index in [1.807, 2.05) is 36.5 Å². The van der Waals surface area contributed by atoms with Gasteiger partial charge in [-0.15, -0.1) is 0 Å². The number of rotatable bonds is 6. The Hall–Kier alpha value is -2.03. The van der Waals surface area contributed by atoms with Gasteiger partial charge >= 0.3 is 0 Å². The van der Waals surface area contributed by atoms with Crippen molar-refractivity contribution in [2.24, 2.45) is 0 Å². The SMILES string of the molecule is O=S(=O)(NCc1ccccc1Cn1cccn1)c1cc(Br)ccc1F. The Balaban J connectivity index is 1.80. The van der Waals surface area contributed by atoms with Crippen molar-refractivity contribution in [2.75, 3.05) is 0 Å². The summed E-state index contributed by atoms with van der Waals surface area (Å²) in [6, 6.07) is 13.1. The first-order chi connectivity index (χ1) is 12.0. The molecule has 0 saturated heterocycles. The summed E-state index contributed by atoms with van der Waals surface area (Å²) in [5.41, 5.74) is 1.74. The number of benzene rings is 2. The predicted molar refractivity (Wildman–Crippen MR) is 95.9 cm³/mol. The lowest BCUT2D eigenvalue weighted by atomic mass is 10.1. The van der Waals surface area contributed by atoms with Gasteiger partial charge in [-0.25, -0.2) is 17.5 Å². The van der Waals surface area contributed by atoms with Crippen LogP contribution in [-0.4, -0.2) is 18.2 Å². The molecular formula is C17H15BrFN3O2S. The largest absolute Gasteiger partial charge is 0.268 e. The second-order valence-corrected chi connectivity index (χ2v) is 8.02. The maximum atomic E-state index is 13.9. The number of nitrogens with zero attached hydrogens (tertiary/aromatic N) is 2. The predicted octanol–water partition coefficient (Wildman–Crippen LogP) is 3.31. The van der Waals surface area contributed by atoms with E-state index in [0.717, 1.165) is 17.2 Å². The monoisotopic (exact) mass is 423 g/mol. The zero-order valence-electron chi connectivity index (χ0n) is 13.1. The van der Waals surface area contributed by atoms with Gasteiger partial charge in [-0.3, -0.25) is 4.68 Å². The summed E-state index contributed by atoms with van der Waals surface area (Å²) in [6.45, 7) is 0.585. The van der Waals surface area contributed by atoms with Gasteiger partial charge in [0.2, 0.25) is 10.0 Å². The zero-order valence-corrected chi connectivity index (χ0v) is 15.5. The van der Waals surface area contributed by atoms with Crippen LogP contribution < -0.4 is 4.72 Å². The molecule has 3 rings (SSSR count). The summed E-state index contributed by atoms with van der Waals surface area (Å²) < 4.78 is 43.4. The molecule has 25 heavy (non-hydrogen) atoms. The van der Waals surface area contributed by atoms with Gasteiger partial charge in [-0.2, -0.15) is 5.10 Å². The van der Waals surface area contributed by atoms with Crippen molar-refractivity contribution >= 4 is 26.0 Å². The number of sulfonamides is 1. The summed E-state index contributed by atoms with van der Waals surface area (Å²) in [5.74, 6) is -0.791. The Kier molecular flexibility index (Phi) is 5.31. The number of hydrogen-bond acceptors (Lipinski definition) is 3. The molecule has 0 unspecified atom stereocenters. The van der Waals surface area contributed by atoms with Crippen LogP contribution in [0.5, 0.6) is 0 Å². The molecule has 0 aliphatic carbocycles. The summed E-state index contributed by atoms with van der Waals surface area (Å²) in [4.78, 5) is -0.383. The fraction of sp³-hybridized carbons (Fsp3) is 0.118. The molecule has 0 spiro atoms. The molecule has 0 atom stereocenters. The van der Waals surface area contributed by atoms with Crippen LogP contribution in [0.4, 0.5) is 4.39 Å². The van der Waals surface area contributed by atoms with E-state index in [9.17, 15) is 12.8 Å². The molecule has 0 amide bonds. The van der Waals surface area contributed by atoms with Gasteiger partial charge in [-0.1, -0.05) is 40.2 Å². The third-order valence-corrected chi connectivity index (χ3v) is 5.55. The van der Waals surface area contributed by atoms with Gasteiger partial charge in [-0.05, 0) is 35.4 Å². The Morgan fingerprint density at radius 1 is 1.12 bits per heavy atom. The molecule has 0 aliphatic rings. The molecule has 2 aromatic carbocycles. The molecule has 0 bridgehead atoms. The van der Waals surface area contributed by atoms with Crippen molar-refractivity contribution in [3.8, 4) is 0 Å². The van der Waals surface area contributed by atoms with E-state index in [2.05, 4.69) is 25.8 Å². The topological polar surface area (TPSA) is 64.0 Å². The first-order valence-electron chi connectivity index (χ1n) is 7.44.